The third kappa shape index (κ3) is 2.97. The molecule has 2 aromatic heterocycles. The van der Waals surface area contributed by atoms with Gasteiger partial charge in [0.25, 0.3) is 0 Å². The van der Waals surface area contributed by atoms with Gasteiger partial charge in [-0.1, -0.05) is 36.4 Å². The number of carbonyl (C=O) groups is 1. The number of aromatic amines is 1. The number of ketones is 1. The second-order valence-corrected chi connectivity index (χ2v) is 7.16. The van der Waals surface area contributed by atoms with E-state index in [1.807, 2.05) is 47.8 Å². The molecule has 2 atom stereocenters. The van der Waals surface area contributed by atoms with Gasteiger partial charge in [0.05, 0.1) is 0 Å². The van der Waals surface area contributed by atoms with Crippen LogP contribution in [0.4, 0.5) is 5.82 Å². The van der Waals surface area contributed by atoms with Crippen molar-refractivity contribution in [2.45, 2.75) is 18.4 Å². The Morgan fingerprint density at radius 1 is 1.19 bits per heavy atom. The Morgan fingerprint density at radius 3 is 2.65 bits per heavy atom. The van der Waals surface area contributed by atoms with Gasteiger partial charge in [0.1, 0.15) is 0 Å². The van der Waals surface area contributed by atoms with Gasteiger partial charge in [-0.3, -0.25) is 4.79 Å². The average Bonchev–Trinajstić information content (AvgIpc) is 3.34. The Kier molecular flexibility index (Phi) is 4.22. The number of hydrogen-bond acceptors (Lipinski definition) is 4. The Hall–Kier alpha value is -3.06. The molecule has 0 saturated carbocycles. The first-order chi connectivity index (χ1) is 12.6. The first kappa shape index (κ1) is 16.4. The number of allylic oxidation sites excluding steroid dienone is 2. The van der Waals surface area contributed by atoms with Gasteiger partial charge in [-0.2, -0.15) is 0 Å². The molecule has 2 heterocycles. The number of benzene rings is 1. The van der Waals surface area contributed by atoms with E-state index in [9.17, 15) is 14.9 Å². The second-order valence-electron chi connectivity index (χ2n) is 6.21. The van der Waals surface area contributed by atoms with E-state index in [4.69, 9.17) is 0 Å². The maximum atomic E-state index is 13.0. The molecular weight excluding hydrogens is 350 g/mol. The molecule has 130 valence electrons. The zero-order valence-corrected chi connectivity index (χ0v) is 14.6. The fourth-order valence-corrected chi connectivity index (χ4v) is 4.22. The van der Waals surface area contributed by atoms with Crippen molar-refractivity contribution >= 4 is 28.5 Å². The van der Waals surface area contributed by atoms with E-state index < -0.39 is 11.0 Å². The summed E-state index contributed by atoms with van der Waals surface area (Å²) in [6.07, 6.45) is 5.28. The molecule has 1 N–H and O–H groups in total. The van der Waals surface area contributed by atoms with Crippen molar-refractivity contribution in [2.75, 3.05) is 0 Å². The summed E-state index contributed by atoms with van der Waals surface area (Å²) in [5.41, 5.74) is 2.06. The van der Waals surface area contributed by atoms with Crippen LogP contribution in [0, 0.1) is 10.1 Å². The number of aromatic nitrogens is 2. The van der Waals surface area contributed by atoms with Crippen LogP contribution in [0.15, 0.2) is 66.4 Å². The largest absolute Gasteiger partial charge is 0.362 e. The van der Waals surface area contributed by atoms with Crippen molar-refractivity contribution in [2.24, 2.45) is 0 Å². The summed E-state index contributed by atoms with van der Waals surface area (Å²) in [7, 11) is 0. The molecule has 0 radical (unpaired) electrons. The van der Waals surface area contributed by atoms with E-state index in [1.54, 1.807) is 22.0 Å². The molecule has 0 saturated heterocycles. The third-order valence-electron chi connectivity index (χ3n) is 4.65. The van der Waals surface area contributed by atoms with Crippen molar-refractivity contribution in [3.63, 3.8) is 0 Å². The summed E-state index contributed by atoms with van der Waals surface area (Å²) >= 11 is 1.61. The van der Waals surface area contributed by atoms with Gasteiger partial charge in [-0.05, 0) is 40.0 Å². The Morgan fingerprint density at radius 2 is 2.00 bits per heavy atom. The van der Waals surface area contributed by atoms with Gasteiger partial charge in [-0.15, -0.1) is 11.3 Å². The lowest BCUT2D eigenvalue weighted by Crippen LogP contribution is -2.46. The molecule has 2 unspecified atom stereocenters. The van der Waals surface area contributed by atoms with Gasteiger partial charge < -0.3 is 10.1 Å². The summed E-state index contributed by atoms with van der Waals surface area (Å²) in [4.78, 5) is 27.2. The fourth-order valence-electron chi connectivity index (χ4n) is 3.47. The van der Waals surface area contributed by atoms with E-state index in [1.165, 1.54) is 12.5 Å². The molecule has 0 aliphatic heterocycles. The van der Waals surface area contributed by atoms with E-state index in [0.717, 1.165) is 16.0 Å². The highest BCUT2D eigenvalue weighted by molar-refractivity contribution is 7.11. The highest BCUT2D eigenvalue weighted by atomic mass is 32.1. The van der Waals surface area contributed by atoms with Crippen LogP contribution >= 0.6 is 11.3 Å². The van der Waals surface area contributed by atoms with Crippen LogP contribution in [0.5, 0.6) is 0 Å². The quantitative estimate of drug-likeness (QED) is 0.435. The Labute approximate surface area is 153 Å². The zero-order chi connectivity index (χ0) is 18.1. The lowest BCUT2D eigenvalue weighted by molar-refractivity contribution is -0.711. The minimum absolute atomic E-state index is 0.0487. The predicted octanol–water partition coefficient (Wildman–Crippen LogP) is 3.65. The molecule has 6 nitrogen and oxygen atoms in total. The zero-order valence-electron chi connectivity index (χ0n) is 13.7. The standard InChI is InChI=1S/C19H15N3O3S/c23-16-10-14(17-7-4-8-26-17)9-15(13-5-2-1-3-6-13)19(16)21-11-18(20-12-21)22(24)25/h1-8,10-12,15,19H,9H2/p+1. The number of hydrogen-bond donors (Lipinski definition) is 1. The molecule has 0 bridgehead atoms. The summed E-state index contributed by atoms with van der Waals surface area (Å²) in [5, 5.41) is 13.0. The number of nitrogens with one attached hydrogen (secondary N) is 1. The molecule has 0 spiro atoms. The predicted molar refractivity (Wildman–Crippen MR) is 97.8 cm³/mol. The molecule has 7 heteroatoms. The SMILES string of the molecule is O=C1C=C(c2cccs2)CC(c2ccccc2)C1[n+]1c[nH]c([N+](=O)[O-])c1. The molecule has 1 aliphatic rings. The number of rotatable bonds is 4. The smallest absolute Gasteiger partial charge is 0.358 e. The molecule has 4 rings (SSSR count). The van der Waals surface area contributed by atoms with Gasteiger partial charge >= 0.3 is 5.82 Å². The van der Waals surface area contributed by atoms with Crippen molar-refractivity contribution in [3.8, 4) is 0 Å². The minimum Gasteiger partial charge on any atom is -0.358 e. The van der Waals surface area contributed by atoms with Gasteiger partial charge in [-0.25, -0.2) is 9.55 Å². The lowest BCUT2D eigenvalue weighted by Gasteiger charge is -2.28. The maximum absolute atomic E-state index is 13.0. The molecule has 1 aromatic carbocycles. The highest BCUT2D eigenvalue weighted by Crippen LogP contribution is 2.41. The molecule has 1 aliphatic carbocycles. The second kappa shape index (κ2) is 6.68. The van der Waals surface area contributed by atoms with E-state index in [0.29, 0.717) is 6.42 Å². The van der Waals surface area contributed by atoms with Crippen LogP contribution < -0.4 is 4.57 Å². The normalized spacial score (nSPS) is 20.0. The van der Waals surface area contributed by atoms with Crippen molar-refractivity contribution < 1.29 is 14.3 Å². The first-order valence-electron chi connectivity index (χ1n) is 8.20. The first-order valence-corrected chi connectivity index (χ1v) is 9.08. The molecule has 26 heavy (non-hydrogen) atoms. The van der Waals surface area contributed by atoms with Crippen LogP contribution in [0.25, 0.3) is 5.57 Å². The minimum atomic E-state index is -0.508. The highest BCUT2D eigenvalue weighted by Gasteiger charge is 2.39. The summed E-state index contributed by atoms with van der Waals surface area (Å²) in [6.45, 7) is 0. The maximum Gasteiger partial charge on any atom is 0.362 e. The summed E-state index contributed by atoms with van der Waals surface area (Å²) in [5.74, 6) is -0.267. The number of nitro groups is 1. The number of thiophene rings is 1. The molecule has 0 fully saturated rings. The van der Waals surface area contributed by atoms with Crippen LogP contribution in [-0.2, 0) is 4.79 Å². The number of nitrogens with zero attached hydrogens (tertiary/aromatic N) is 2. The topological polar surface area (TPSA) is 79.9 Å². The summed E-state index contributed by atoms with van der Waals surface area (Å²) < 4.78 is 1.62. The fraction of sp³-hybridized carbons (Fsp3) is 0.158. The van der Waals surface area contributed by atoms with Crippen LogP contribution in [0.2, 0.25) is 0 Å². The number of carbonyl (C=O) groups excluding carboxylic acids is 1. The van der Waals surface area contributed by atoms with E-state index in [-0.39, 0.29) is 17.5 Å². The lowest BCUT2D eigenvalue weighted by atomic mass is 9.79. The number of H-pyrrole nitrogens is 1. The van der Waals surface area contributed by atoms with Gasteiger partial charge in [0.2, 0.25) is 12.1 Å². The summed E-state index contributed by atoms with van der Waals surface area (Å²) in [6, 6.07) is 13.3. The van der Waals surface area contributed by atoms with Crippen LogP contribution in [-0.4, -0.2) is 15.7 Å². The molecular formula is C19H16N3O3S+. The molecule has 3 aromatic rings. The van der Waals surface area contributed by atoms with Crippen molar-refractivity contribution in [1.29, 1.82) is 0 Å². The Bertz CT molecular complexity index is 977. The van der Waals surface area contributed by atoms with Crippen LogP contribution in [0.1, 0.15) is 28.8 Å². The van der Waals surface area contributed by atoms with Gasteiger partial charge in [0.15, 0.2) is 12.2 Å². The monoisotopic (exact) mass is 366 g/mol. The van der Waals surface area contributed by atoms with Gasteiger partial charge in [0, 0.05) is 10.8 Å². The van der Waals surface area contributed by atoms with Crippen LogP contribution in [0.3, 0.4) is 0 Å². The molecule has 0 amide bonds. The van der Waals surface area contributed by atoms with Crippen molar-refractivity contribution in [3.05, 3.63) is 87.0 Å². The van der Waals surface area contributed by atoms with E-state index in [2.05, 4.69) is 4.98 Å². The average molecular weight is 366 g/mol. The van der Waals surface area contributed by atoms with Crippen molar-refractivity contribution in [1.82, 2.24) is 4.98 Å². The number of imidazole rings is 1. The Balaban J connectivity index is 1.78. The van der Waals surface area contributed by atoms with E-state index >= 15 is 0 Å². The third-order valence-corrected chi connectivity index (χ3v) is 5.59.